The van der Waals surface area contributed by atoms with Crippen LogP contribution >= 0.6 is 0 Å². The van der Waals surface area contributed by atoms with Gasteiger partial charge in [0.15, 0.2) is 6.29 Å². The van der Waals surface area contributed by atoms with Gasteiger partial charge in [-0.15, -0.1) is 6.42 Å². The van der Waals surface area contributed by atoms with Crippen LogP contribution in [0.4, 0.5) is 4.79 Å². The van der Waals surface area contributed by atoms with Crippen LogP contribution in [0.3, 0.4) is 0 Å². The Hall–Kier alpha value is -1.86. The molecule has 2 amide bonds. The third-order valence-corrected chi connectivity index (χ3v) is 3.24. The summed E-state index contributed by atoms with van der Waals surface area (Å²) in [4.78, 5) is 22.8. The monoisotopic (exact) mass is 330 g/mol. The van der Waals surface area contributed by atoms with E-state index in [0.29, 0.717) is 6.42 Å². The molecule has 1 fully saturated rings. The minimum Gasteiger partial charge on any atom is -0.447 e. The molecule has 0 aromatic rings. The van der Waals surface area contributed by atoms with Gasteiger partial charge in [0.25, 0.3) is 0 Å². The standard InChI is InChI=1S/C14H22N2O7/c1-3-5-9(17)16-10-12(19)11(18)8(23-13(10)20)7-22-14(21)15-6-4-2/h2,8,10-13,18-20H,3,5-7H2,1H3,(H,15,21)(H,16,17)/t8-,10-,11-,12-,13?/m1/s1. The third-order valence-electron chi connectivity index (χ3n) is 3.24. The predicted molar refractivity (Wildman–Crippen MR) is 77.9 cm³/mol. The molecule has 1 aliphatic rings. The highest BCUT2D eigenvalue weighted by Gasteiger charge is 2.44. The topological polar surface area (TPSA) is 137 Å². The minimum atomic E-state index is -1.54. The van der Waals surface area contributed by atoms with Gasteiger partial charge in [0.1, 0.15) is 31.0 Å². The summed E-state index contributed by atoms with van der Waals surface area (Å²) in [6.45, 7) is 1.38. The van der Waals surface area contributed by atoms with Gasteiger partial charge in [-0.1, -0.05) is 12.8 Å². The van der Waals surface area contributed by atoms with Gasteiger partial charge in [-0.25, -0.2) is 4.79 Å². The van der Waals surface area contributed by atoms with Crippen LogP contribution in [-0.2, 0) is 14.3 Å². The van der Waals surface area contributed by atoms with Gasteiger partial charge in [-0.2, -0.15) is 0 Å². The average molecular weight is 330 g/mol. The second-order valence-corrected chi connectivity index (χ2v) is 5.05. The van der Waals surface area contributed by atoms with E-state index < -0.39 is 43.3 Å². The van der Waals surface area contributed by atoms with Gasteiger partial charge in [0.05, 0.1) is 6.54 Å². The summed E-state index contributed by atoms with van der Waals surface area (Å²) in [7, 11) is 0. The molecule has 0 saturated carbocycles. The van der Waals surface area contributed by atoms with E-state index in [4.69, 9.17) is 15.9 Å². The highest BCUT2D eigenvalue weighted by atomic mass is 16.6. The van der Waals surface area contributed by atoms with Gasteiger partial charge in [0.2, 0.25) is 5.91 Å². The molecule has 0 aromatic heterocycles. The first-order chi connectivity index (χ1) is 10.9. The molecular weight excluding hydrogens is 308 g/mol. The van der Waals surface area contributed by atoms with Gasteiger partial charge >= 0.3 is 6.09 Å². The van der Waals surface area contributed by atoms with Gasteiger partial charge < -0.3 is 35.4 Å². The molecule has 1 saturated heterocycles. The Labute approximate surface area is 134 Å². The lowest BCUT2D eigenvalue weighted by Gasteiger charge is -2.40. The molecule has 1 heterocycles. The Morgan fingerprint density at radius 2 is 2.00 bits per heavy atom. The molecule has 5 atom stereocenters. The van der Waals surface area contributed by atoms with Crippen molar-refractivity contribution in [1.82, 2.24) is 10.6 Å². The maximum absolute atomic E-state index is 11.5. The predicted octanol–water partition coefficient (Wildman–Crippen LogP) is -1.93. The molecule has 0 aromatic carbocycles. The van der Waals surface area contributed by atoms with Crippen molar-refractivity contribution in [3.63, 3.8) is 0 Å². The molecule has 0 aliphatic carbocycles. The third kappa shape index (κ3) is 5.69. The smallest absolute Gasteiger partial charge is 0.407 e. The maximum Gasteiger partial charge on any atom is 0.407 e. The number of carbonyl (C=O) groups is 2. The highest BCUT2D eigenvalue weighted by molar-refractivity contribution is 5.76. The fourth-order valence-electron chi connectivity index (χ4n) is 2.06. The van der Waals surface area contributed by atoms with Crippen LogP contribution in [0.1, 0.15) is 19.8 Å². The Kier molecular flexibility index (Phi) is 7.77. The number of aliphatic hydroxyl groups excluding tert-OH is 3. The lowest BCUT2D eigenvalue weighted by molar-refractivity contribution is -0.253. The highest BCUT2D eigenvalue weighted by Crippen LogP contribution is 2.20. The van der Waals surface area contributed by atoms with E-state index >= 15 is 0 Å². The van der Waals surface area contributed by atoms with Gasteiger partial charge in [0, 0.05) is 6.42 Å². The summed E-state index contributed by atoms with van der Waals surface area (Å²) in [5.41, 5.74) is 0. The van der Waals surface area contributed by atoms with E-state index in [-0.39, 0.29) is 18.9 Å². The molecular formula is C14H22N2O7. The maximum atomic E-state index is 11.5. The molecule has 1 aliphatic heterocycles. The molecule has 5 N–H and O–H groups in total. The fourth-order valence-corrected chi connectivity index (χ4v) is 2.06. The molecule has 9 heteroatoms. The number of alkyl carbamates (subject to hydrolysis) is 1. The zero-order valence-corrected chi connectivity index (χ0v) is 12.8. The van der Waals surface area contributed by atoms with Crippen molar-refractivity contribution < 1.29 is 34.4 Å². The summed E-state index contributed by atoms with van der Waals surface area (Å²) < 4.78 is 9.87. The number of hydrogen-bond donors (Lipinski definition) is 5. The number of aliphatic hydroxyl groups is 3. The first kappa shape index (κ1) is 19.2. The van der Waals surface area contributed by atoms with E-state index in [2.05, 4.69) is 16.6 Å². The van der Waals surface area contributed by atoms with Crippen LogP contribution in [0, 0.1) is 12.3 Å². The number of carbonyl (C=O) groups excluding carboxylic acids is 2. The Morgan fingerprint density at radius 3 is 2.61 bits per heavy atom. The van der Waals surface area contributed by atoms with Gasteiger partial charge in [-0.05, 0) is 6.42 Å². The molecule has 23 heavy (non-hydrogen) atoms. The van der Waals surface area contributed by atoms with Crippen molar-refractivity contribution in [1.29, 1.82) is 0 Å². The molecule has 1 unspecified atom stereocenters. The number of nitrogens with one attached hydrogen (secondary N) is 2. The van der Waals surface area contributed by atoms with Crippen molar-refractivity contribution in [2.45, 2.75) is 50.4 Å². The molecule has 1 rings (SSSR count). The number of rotatable bonds is 6. The second-order valence-electron chi connectivity index (χ2n) is 5.05. The van der Waals surface area contributed by atoms with Crippen molar-refractivity contribution in [2.75, 3.05) is 13.2 Å². The molecule has 0 radical (unpaired) electrons. The van der Waals surface area contributed by atoms with Crippen LogP contribution < -0.4 is 10.6 Å². The van der Waals surface area contributed by atoms with Crippen LogP contribution in [-0.4, -0.2) is 71.1 Å². The average Bonchev–Trinajstić information content (AvgIpc) is 2.51. The van der Waals surface area contributed by atoms with E-state index in [0.717, 1.165) is 0 Å². The van der Waals surface area contributed by atoms with Crippen LogP contribution in [0.5, 0.6) is 0 Å². The first-order valence-electron chi connectivity index (χ1n) is 7.23. The molecule has 0 bridgehead atoms. The molecule has 0 spiro atoms. The zero-order chi connectivity index (χ0) is 17.4. The zero-order valence-electron chi connectivity index (χ0n) is 12.8. The van der Waals surface area contributed by atoms with Crippen molar-refractivity contribution in [3.8, 4) is 12.3 Å². The summed E-state index contributed by atoms with van der Waals surface area (Å²) in [5, 5.41) is 34.5. The Balaban J connectivity index is 2.54. The normalized spacial score (nSPS) is 30.1. The number of ether oxygens (including phenoxy) is 2. The number of amides is 2. The SMILES string of the molecule is C#CCNC(=O)OC[C@H]1OC(O)[C@H](NC(=O)CCC)[C@@H](O)[C@@H]1O. The van der Waals surface area contributed by atoms with Crippen molar-refractivity contribution in [3.05, 3.63) is 0 Å². The number of hydrogen-bond acceptors (Lipinski definition) is 7. The second kappa shape index (κ2) is 9.32. The summed E-state index contributed by atoms with van der Waals surface area (Å²) in [6.07, 6.45) is -0.653. The van der Waals surface area contributed by atoms with E-state index in [1.807, 2.05) is 0 Å². The Bertz CT molecular complexity index is 451. The molecule has 130 valence electrons. The van der Waals surface area contributed by atoms with Crippen molar-refractivity contribution in [2.24, 2.45) is 0 Å². The Morgan fingerprint density at radius 1 is 1.30 bits per heavy atom. The number of terminal acetylenes is 1. The summed E-state index contributed by atoms with van der Waals surface area (Å²) in [6, 6.07) is -1.17. The largest absolute Gasteiger partial charge is 0.447 e. The van der Waals surface area contributed by atoms with Crippen LogP contribution in [0.2, 0.25) is 0 Å². The van der Waals surface area contributed by atoms with Crippen LogP contribution in [0.25, 0.3) is 0 Å². The molecule has 9 nitrogen and oxygen atoms in total. The fraction of sp³-hybridized carbons (Fsp3) is 0.714. The lowest BCUT2D eigenvalue weighted by Crippen LogP contribution is -2.64. The van der Waals surface area contributed by atoms with Gasteiger partial charge in [-0.3, -0.25) is 4.79 Å². The summed E-state index contributed by atoms with van der Waals surface area (Å²) >= 11 is 0. The minimum absolute atomic E-state index is 0.0241. The van der Waals surface area contributed by atoms with E-state index in [1.165, 1.54) is 0 Å². The van der Waals surface area contributed by atoms with Crippen molar-refractivity contribution >= 4 is 12.0 Å². The summed E-state index contributed by atoms with van der Waals surface area (Å²) in [5.74, 6) is 1.80. The lowest BCUT2D eigenvalue weighted by atomic mass is 9.97. The first-order valence-corrected chi connectivity index (χ1v) is 7.23. The van der Waals surface area contributed by atoms with E-state index in [9.17, 15) is 24.9 Å². The van der Waals surface area contributed by atoms with E-state index in [1.54, 1.807) is 6.92 Å². The quantitative estimate of drug-likeness (QED) is 0.358. The van der Waals surface area contributed by atoms with Crippen LogP contribution in [0.15, 0.2) is 0 Å².